The first kappa shape index (κ1) is 16.4. The summed E-state index contributed by atoms with van der Waals surface area (Å²) in [5.74, 6) is 1.38. The van der Waals surface area contributed by atoms with Gasteiger partial charge in [-0.2, -0.15) is 4.98 Å². The van der Waals surface area contributed by atoms with Crippen molar-refractivity contribution in [3.8, 4) is 0 Å². The third kappa shape index (κ3) is 3.44. The average molecular weight is 366 g/mol. The van der Waals surface area contributed by atoms with Crippen molar-refractivity contribution < 1.29 is 4.52 Å². The Morgan fingerprint density at radius 3 is 2.70 bits per heavy atom. The summed E-state index contributed by atoms with van der Waals surface area (Å²) in [5.41, 5.74) is 1.97. The van der Waals surface area contributed by atoms with Crippen LogP contribution in [0.4, 0.5) is 5.69 Å². The Balaban J connectivity index is 1.30. The van der Waals surface area contributed by atoms with Gasteiger partial charge >= 0.3 is 0 Å². The second kappa shape index (κ2) is 6.77. The Labute approximate surface area is 156 Å². The molecule has 0 unspecified atom stereocenters. The maximum atomic E-state index is 12.7. The number of nitrogens with zero attached hydrogens (tertiary/aromatic N) is 6. The molecule has 1 aliphatic carbocycles. The van der Waals surface area contributed by atoms with E-state index in [2.05, 4.69) is 24.9 Å². The fraction of sp³-hybridized carbons (Fsp3) is 0.474. The quantitative estimate of drug-likeness (QED) is 0.677. The van der Waals surface area contributed by atoms with Crippen molar-refractivity contribution in [3.63, 3.8) is 0 Å². The number of rotatable bonds is 5. The van der Waals surface area contributed by atoms with Crippen molar-refractivity contribution in [2.45, 2.75) is 25.9 Å². The molecule has 3 aromatic rings. The van der Waals surface area contributed by atoms with Crippen LogP contribution in [0.5, 0.6) is 0 Å². The first-order chi connectivity index (χ1) is 13.3. The van der Waals surface area contributed by atoms with Gasteiger partial charge in [-0.1, -0.05) is 5.16 Å². The maximum Gasteiger partial charge on any atom is 0.261 e. The minimum atomic E-state index is 0.0726. The van der Waals surface area contributed by atoms with Gasteiger partial charge in [-0.15, -0.1) is 0 Å². The van der Waals surface area contributed by atoms with Crippen LogP contribution in [0, 0.1) is 5.92 Å². The third-order valence-electron chi connectivity index (χ3n) is 5.47. The van der Waals surface area contributed by atoms with Crippen LogP contribution in [-0.2, 0) is 13.1 Å². The highest BCUT2D eigenvalue weighted by Gasteiger charge is 2.23. The van der Waals surface area contributed by atoms with Crippen LogP contribution in [-0.4, -0.2) is 50.8 Å². The van der Waals surface area contributed by atoms with Crippen LogP contribution >= 0.6 is 0 Å². The van der Waals surface area contributed by atoms with E-state index < -0.39 is 0 Å². The Morgan fingerprint density at radius 1 is 1.11 bits per heavy atom. The molecule has 8 heteroatoms. The highest BCUT2D eigenvalue weighted by atomic mass is 16.5. The van der Waals surface area contributed by atoms with Gasteiger partial charge in [0.05, 0.1) is 23.8 Å². The smallest absolute Gasteiger partial charge is 0.261 e. The van der Waals surface area contributed by atoms with Crippen molar-refractivity contribution in [2.24, 2.45) is 5.92 Å². The molecule has 2 fully saturated rings. The van der Waals surface area contributed by atoms with E-state index in [-0.39, 0.29) is 5.56 Å². The largest absolute Gasteiger partial charge is 0.369 e. The van der Waals surface area contributed by atoms with E-state index in [1.165, 1.54) is 19.2 Å². The van der Waals surface area contributed by atoms with E-state index in [9.17, 15) is 4.79 Å². The average Bonchev–Trinajstić information content (AvgIpc) is 3.37. The summed E-state index contributed by atoms with van der Waals surface area (Å²) in [7, 11) is 0. The molecular weight excluding hydrogens is 344 g/mol. The normalized spacial score (nSPS) is 18.3. The Hall–Kier alpha value is -2.74. The van der Waals surface area contributed by atoms with Crippen LogP contribution in [0.15, 0.2) is 40.2 Å². The van der Waals surface area contributed by atoms with E-state index in [4.69, 9.17) is 4.52 Å². The van der Waals surface area contributed by atoms with Gasteiger partial charge in [0.2, 0.25) is 6.39 Å². The van der Waals surface area contributed by atoms with Crippen LogP contribution in [0.2, 0.25) is 0 Å². The Morgan fingerprint density at radius 2 is 1.96 bits per heavy atom. The van der Waals surface area contributed by atoms with E-state index in [1.807, 2.05) is 18.2 Å². The SMILES string of the molecule is O=c1c2ccc(N3CCN(Cc4ncon4)CC3)cc2ncn1CC1CC1. The topological polar surface area (TPSA) is 80.3 Å². The molecule has 5 rings (SSSR count). The molecule has 2 aliphatic rings. The second-order valence-corrected chi connectivity index (χ2v) is 7.46. The van der Waals surface area contributed by atoms with Gasteiger partial charge in [0.15, 0.2) is 5.82 Å². The Kier molecular flexibility index (Phi) is 4.12. The highest BCUT2D eigenvalue weighted by Crippen LogP contribution is 2.30. The summed E-state index contributed by atoms with van der Waals surface area (Å²) in [6.45, 7) is 5.21. The first-order valence-electron chi connectivity index (χ1n) is 9.48. The lowest BCUT2D eigenvalue weighted by atomic mass is 10.2. The molecule has 0 bridgehead atoms. The summed E-state index contributed by atoms with van der Waals surface area (Å²) in [6.07, 6.45) is 5.52. The van der Waals surface area contributed by atoms with Crippen molar-refractivity contribution in [1.29, 1.82) is 0 Å². The van der Waals surface area contributed by atoms with Gasteiger partial charge in [-0.05, 0) is 37.0 Å². The molecule has 0 atom stereocenters. The zero-order valence-corrected chi connectivity index (χ0v) is 15.1. The van der Waals surface area contributed by atoms with Gasteiger partial charge in [0.1, 0.15) is 0 Å². The third-order valence-corrected chi connectivity index (χ3v) is 5.47. The molecule has 1 aromatic carbocycles. The van der Waals surface area contributed by atoms with Gasteiger partial charge in [-0.25, -0.2) is 4.98 Å². The van der Waals surface area contributed by atoms with Crippen LogP contribution in [0.3, 0.4) is 0 Å². The number of anilines is 1. The number of hydrogen-bond donors (Lipinski definition) is 0. The molecule has 140 valence electrons. The number of fused-ring (bicyclic) bond motifs is 1. The molecule has 0 N–H and O–H groups in total. The monoisotopic (exact) mass is 366 g/mol. The second-order valence-electron chi connectivity index (χ2n) is 7.46. The molecule has 2 aromatic heterocycles. The molecule has 27 heavy (non-hydrogen) atoms. The summed E-state index contributed by atoms with van der Waals surface area (Å²) in [5, 5.41) is 4.58. The van der Waals surface area contributed by atoms with Crippen molar-refractivity contribution in [3.05, 3.63) is 47.1 Å². The fourth-order valence-electron chi connectivity index (χ4n) is 3.68. The van der Waals surface area contributed by atoms with Gasteiger partial charge < -0.3 is 9.42 Å². The van der Waals surface area contributed by atoms with Crippen LogP contribution in [0.1, 0.15) is 18.7 Å². The van der Waals surface area contributed by atoms with Crippen LogP contribution < -0.4 is 10.5 Å². The Bertz CT molecular complexity index is 987. The predicted octanol–water partition coefficient (Wildman–Crippen LogP) is 1.51. The molecule has 1 saturated carbocycles. The molecule has 1 aliphatic heterocycles. The molecule has 0 radical (unpaired) electrons. The minimum Gasteiger partial charge on any atom is -0.369 e. The van der Waals surface area contributed by atoms with E-state index in [1.54, 1.807) is 10.9 Å². The van der Waals surface area contributed by atoms with Gasteiger partial charge in [0.25, 0.3) is 5.56 Å². The molecule has 8 nitrogen and oxygen atoms in total. The van der Waals surface area contributed by atoms with E-state index in [0.717, 1.165) is 49.8 Å². The molecule has 0 spiro atoms. The number of piperazine rings is 1. The summed E-state index contributed by atoms with van der Waals surface area (Å²) in [4.78, 5) is 25.9. The standard InChI is InChI=1S/C19H22N6O2/c26-19-16-4-3-15(9-17(16)20-12-25(19)10-14-1-2-14)24-7-5-23(6-8-24)11-18-21-13-27-22-18/h3-4,9,12-14H,1-2,5-8,10-11H2. The predicted molar refractivity (Wildman–Crippen MR) is 101 cm³/mol. The van der Waals surface area contributed by atoms with Gasteiger partial charge in [-0.3, -0.25) is 14.3 Å². The van der Waals surface area contributed by atoms with Crippen LogP contribution in [0.25, 0.3) is 10.9 Å². The fourth-order valence-corrected chi connectivity index (χ4v) is 3.68. The number of aromatic nitrogens is 4. The molecule has 3 heterocycles. The van der Waals surface area contributed by atoms with Crippen molar-refractivity contribution in [2.75, 3.05) is 31.1 Å². The maximum absolute atomic E-state index is 12.7. The summed E-state index contributed by atoms with van der Waals surface area (Å²) < 4.78 is 6.56. The van der Waals surface area contributed by atoms with E-state index in [0.29, 0.717) is 17.8 Å². The lowest BCUT2D eigenvalue weighted by Gasteiger charge is -2.35. The first-order valence-corrected chi connectivity index (χ1v) is 9.48. The number of benzene rings is 1. The van der Waals surface area contributed by atoms with Gasteiger partial charge in [0, 0.05) is 38.4 Å². The zero-order chi connectivity index (χ0) is 18.2. The summed E-state index contributed by atoms with van der Waals surface area (Å²) >= 11 is 0. The zero-order valence-electron chi connectivity index (χ0n) is 15.1. The molecule has 1 saturated heterocycles. The lowest BCUT2D eigenvalue weighted by Crippen LogP contribution is -2.46. The molecular formula is C19H22N6O2. The summed E-state index contributed by atoms with van der Waals surface area (Å²) in [6, 6.07) is 6.00. The molecule has 0 amide bonds. The van der Waals surface area contributed by atoms with Crippen molar-refractivity contribution >= 4 is 16.6 Å². The number of hydrogen-bond acceptors (Lipinski definition) is 7. The van der Waals surface area contributed by atoms with Crippen molar-refractivity contribution in [1.82, 2.24) is 24.6 Å². The minimum absolute atomic E-state index is 0.0726. The highest BCUT2D eigenvalue weighted by molar-refractivity contribution is 5.81. The lowest BCUT2D eigenvalue weighted by molar-refractivity contribution is 0.240. The van der Waals surface area contributed by atoms with E-state index >= 15 is 0 Å².